The van der Waals surface area contributed by atoms with Crippen LogP contribution >= 0.6 is 0 Å². The minimum Gasteiger partial charge on any atom is -0.339 e. The number of aromatic nitrogens is 2. The van der Waals surface area contributed by atoms with E-state index in [2.05, 4.69) is 41.3 Å². The summed E-state index contributed by atoms with van der Waals surface area (Å²) in [5.74, 6) is 1.29. The van der Waals surface area contributed by atoms with E-state index in [-0.39, 0.29) is 0 Å². The van der Waals surface area contributed by atoms with Crippen molar-refractivity contribution in [2.45, 2.75) is 52.0 Å². The fourth-order valence-electron chi connectivity index (χ4n) is 2.13. The van der Waals surface area contributed by atoms with Gasteiger partial charge in [0.15, 0.2) is 5.82 Å². The van der Waals surface area contributed by atoms with Crippen molar-refractivity contribution in [3.63, 3.8) is 0 Å². The average molecular weight is 273 g/mol. The van der Waals surface area contributed by atoms with E-state index >= 15 is 0 Å². The summed E-state index contributed by atoms with van der Waals surface area (Å²) < 4.78 is 5.32. The quantitative estimate of drug-likeness (QED) is 0.878. The zero-order chi connectivity index (χ0) is 14.6. The van der Waals surface area contributed by atoms with Gasteiger partial charge in [-0.2, -0.15) is 4.98 Å². The van der Waals surface area contributed by atoms with Crippen LogP contribution in [0.5, 0.6) is 0 Å². The fourth-order valence-corrected chi connectivity index (χ4v) is 2.13. The van der Waals surface area contributed by atoms with Crippen molar-refractivity contribution in [2.75, 3.05) is 0 Å². The van der Waals surface area contributed by atoms with Crippen molar-refractivity contribution in [3.05, 3.63) is 47.1 Å². The molecule has 0 unspecified atom stereocenters. The van der Waals surface area contributed by atoms with Crippen LogP contribution in [0.25, 0.3) is 0 Å². The molecule has 1 heterocycles. The van der Waals surface area contributed by atoms with E-state index in [0.717, 1.165) is 25.7 Å². The van der Waals surface area contributed by atoms with Crippen LogP contribution in [0.1, 0.15) is 49.5 Å². The largest absolute Gasteiger partial charge is 0.339 e. The van der Waals surface area contributed by atoms with E-state index in [0.29, 0.717) is 11.7 Å². The molecule has 0 fully saturated rings. The van der Waals surface area contributed by atoms with Gasteiger partial charge in [0.1, 0.15) is 0 Å². The first-order chi connectivity index (χ1) is 9.57. The summed E-state index contributed by atoms with van der Waals surface area (Å²) in [6.45, 7) is 6.18. The van der Waals surface area contributed by atoms with Gasteiger partial charge in [0.25, 0.3) is 0 Å². The maximum absolute atomic E-state index is 6.27. The van der Waals surface area contributed by atoms with E-state index < -0.39 is 5.54 Å². The number of hydrogen-bond donors (Lipinski definition) is 1. The van der Waals surface area contributed by atoms with Crippen molar-refractivity contribution in [3.8, 4) is 0 Å². The molecule has 2 N–H and O–H groups in total. The highest BCUT2D eigenvalue weighted by Gasteiger charge is 2.28. The molecule has 0 saturated carbocycles. The number of benzene rings is 1. The lowest BCUT2D eigenvalue weighted by Crippen LogP contribution is -2.36. The van der Waals surface area contributed by atoms with Crippen LogP contribution in [0, 0.1) is 6.92 Å². The van der Waals surface area contributed by atoms with Gasteiger partial charge in [-0.05, 0) is 31.7 Å². The molecular weight excluding hydrogens is 250 g/mol. The Labute approximate surface area is 120 Å². The fraction of sp³-hybridized carbons (Fsp3) is 0.500. The van der Waals surface area contributed by atoms with Gasteiger partial charge in [-0.3, -0.25) is 0 Å². The molecule has 2 rings (SSSR count). The van der Waals surface area contributed by atoms with E-state index in [1.54, 1.807) is 0 Å². The minimum atomic E-state index is -0.467. The van der Waals surface area contributed by atoms with Gasteiger partial charge >= 0.3 is 0 Å². The predicted molar refractivity (Wildman–Crippen MR) is 79.3 cm³/mol. The van der Waals surface area contributed by atoms with Crippen LogP contribution in [-0.4, -0.2) is 10.1 Å². The van der Waals surface area contributed by atoms with Crippen molar-refractivity contribution in [2.24, 2.45) is 5.73 Å². The van der Waals surface area contributed by atoms with Crippen LogP contribution in [0.4, 0.5) is 0 Å². The van der Waals surface area contributed by atoms with Gasteiger partial charge < -0.3 is 10.3 Å². The molecule has 20 heavy (non-hydrogen) atoms. The summed E-state index contributed by atoms with van der Waals surface area (Å²) in [5.41, 5.74) is 8.35. The summed E-state index contributed by atoms with van der Waals surface area (Å²) in [4.78, 5) is 4.45. The summed E-state index contributed by atoms with van der Waals surface area (Å²) in [7, 11) is 0. The van der Waals surface area contributed by atoms with Gasteiger partial charge in [-0.1, -0.05) is 48.8 Å². The van der Waals surface area contributed by atoms with E-state index in [1.807, 2.05) is 13.8 Å². The molecule has 0 bridgehead atoms. The average Bonchev–Trinajstić information content (AvgIpc) is 2.95. The molecule has 1 aromatic carbocycles. The molecule has 4 heteroatoms. The first kappa shape index (κ1) is 14.7. The monoisotopic (exact) mass is 273 g/mol. The van der Waals surface area contributed by atoms with Crippen molar-refractivity contribution in [1.29, 1.82) is 0 Å². The minimum absolute atomic E-state index is 0.467. The summed E-state index contributed by atoms with van der Waals surface area (Å²) in [6, 6.07) is 8.51. The van der Waals surface area contributed by atoms with Crippen molar-refractivity contribution < 1.29 is 4.52 Å². The molecule has 2 aromatic rings. The van der Waals surface area contributed by atoms with Crippen LogP contribution in [-0.2, 0) is 18.4 Å². The molecule has 0 radical (unpaired) electrons. The highest BCUT2D eigenvalue weighted by Crippen LogP contribution is 2.23. The lowest BCUT2D eigenvalue weighted by molar-refractivity contribution is 0.335. The van der Waals surface area contributed by atoms with Crippen LogP contribution in [0.15, 0.2) is 28.8 Å². The van der Waals surface area contributed by atoms with Crippen LogP contribution in [0.2, 0.25) is 0 Å². The third-order valence-electron chi connectivity index (χ3n) is 3.92. The molecule has 1 aromatic heterocycles. The van der Waals surface area contributed by atoms with E-state index in [1.165, 1.54) is 11.1 Å². The third-order valence-corrected chi connectivity index (χ3v) is 3.92. The molecule has 0 aliphatic heterocycles. The first-order valence-electron chi connectivity index (χ1n) is 7.25. The second kappa shape index (κ2) is 6.18. The van der Waals surface area contributed by atoms with Gasteiger partial charge in [0.2, 0.25) is 5.89 Å². The standard InChI is InChI=1S/C16H23N3O/c1-4-16(17,5-2)15-18-14(20-19-15)11-10-13-8-6-12(3)7-9-13/h6-9H,4-5,10-11,17H2,1-3H3. The Kier molecular flexibility index (Phi) is 4.55. The maximum atomic E-state index is 6.27. The summed E-state index contributed by atoms with van der Waals surface area (Å²) in [5, 5.41) is 4.05. The molecule has 0 aliphatic carbocycles. The Bertz CT molecular complexity index is 541. The Morgan fingerprint density at radius 3 is 2.35 bits per heavy atom. The maximum Gasteiger partial charge on any atom is 0.227 e. The summed E-state index contributed by atoms with van der Waals surface area (Å²) >= 11 is 0. The highest BCUT2D eigenvalue weighted by molar-refractivity contribution is 5.21. The number of nitrogens with zero attached hydrogens (tertiary/aromatic N) is 2. The first-order valence-corrected chi connectivity index (χ1v) is 7.25. The molecule has 0 amide bonds. The molecule has 0 aliphatic rings. The summed E-state index contributed by atoms with van der Waals surface area (Å²) in [6.07, 6.45) is 3.26. The predicted octanol–water partition coefficient (Wildman–Crippen LogP) is 3.14. The second-order valence-corrected chi connectivity index (χ2v) is 5.36. The van der Waals surface area contributed by atoms with E-state index in [4.69, 9.17) is 10.3 Å². The van der Waals surface area contributed by atoms with Crippen molar-refractivity contribution in [1.82, 2.24) is 10.1 Å². The smallest absolute Gasteiger partial charge is 0.227 e. The van der Waals surface area contributed by atoms with Gasteiger partial charge in [0.05, 0.1) is 5.54 Å². The van der Waals surface area contributed by atoms with Gasteiger partial charge in [-0.25, -0.2) is 0 Å². The van der Waals surface area contributed by atoms with Crippen molar-refractivity contribution >= 4 is 0 Å². The molecule has 4 nitrogen and oxygen atoms in total. The SMILES string of the molecule is CCC(N)(CC)c1noc(CCc2ccc(C)cc2)n1. The number of rotatable bonds is 6. The Morgan fingerprint density at radius 1 is 1.10 bits per heavy atom. The van der Waals surface area contributed by atoms with Gasteiger partial charge in [-0.15, -0.1) is 0 Å². The van der Waals surface area contributed by atoms with Crippen LogP contribution < -0.4 is 5.73 Å². The normalized spacial score (nSPS) is 11.8. The zero-order valence-electron chi connectivity index (χ0n) is 12.5. The topological polar surface area (TPSA) is 64.9 Å². The molecule has 0 saturated heterocycles. The molecular formula is C16H23N3O. The second-order valence-electron chi connectivity index (χ2n) is 5.36. The zero-order valence-corrected chi connectivity index (χ0v) is 12.5. The molecule has 108 valence electrons. The number of nitrogens with two attached hydrogens (primary N) is 1. The number of hydrogen-bond acceptors (Lipinski definition) is 4. The lowest BCUT2D eigenvalue weighted by atomic mass is 9.93. The Balaban J connectivity index is 2.01. The Hall–Kier alpha value is -1.68. The highest BCUT2D eigenvalue weighted by atomic mass is 16.5. The Morgan fingerprint density at radius 2 is 1.75 bits per heavy atom. The van der Waals surface area contributed by atoms with Crippen LogP contribution in [0.3, 0.4) is 0 Å². The lowest BCUT2D eigenvalue weighted by Gasteiger charge is -2.21. The third kappa shape index (κ3) is 3.25. The molecule has 0 spiro atoms. The van der Waals surface area contributed by atoms with E-state index in [9.17, 15) is 0 Å². The molecule has 0 atom stereocenters. The number of aryl methyl sites for hydroxylation is 3. The van der Waals surface area contributed by atoms with Gasteiger partial charge in [0, 0.05) is 6.42 Å².